The zero-order chi connectivity index (χ0) is 19.1. The molecule has 2 aromatic carbocycles. The zero-order valence-electron chi connectivity index (χ0n) is 16.8. The van der Waals surface area contributed by atoms with Gasteiger partial charge in [-0.2, -0.15) is 0 Å². The van der Waals surface area contributed by atoms with Crippen LogP contribution in [-0.4, -0.2) is 38.2 Å². The minimum atomic E-state index is 0.421. The van der Waals surface area contributed by atoms with Gasteiger partial charge in [-0.15, -0.1) is 0 Å². The third kappa shape index (κ3) is 5.47. The minimum Gasteiger partial charge on any atom is -0.493 e. The van der Waals surface area contributed by atoms with Gasteiger partial charge in [0.2, 0.25) is 0 Å². The first-order chi connectivity index (χ1) is 13.2. The number of methoxy groups -OCH3 is 1. The van der Waals surface area contributed by atoms with Crippen molar-refractivity contribution in [2.45, 2.75) is 32.9 Å². The van der Waals surface area contributed by atoms with Gasteiger partial charge in [0, 0.05) is 32.2 Å². The van der Waals surface area contributed by atoms with E-state index in [9.17, 15) is 0 Å². The molecule has 2 aromatic rings. The molecule has 4 nitrogen and oxygen atoms in total. The average molecular weight is 369 g/mol. The molecule has 0 amide bonds. The Bertz CT molecular complexity index is 697. The summed E-state index contributed by atoms with van der Waals surface area (Å²) in [5, 5.41) is 3.45. The van der Waals surface area contributed by atoms with Gasteiger partial charge in [0.1, 0.15) is 6.61 Å². The van der Waals surface area contributed by atoms with E-state index in [0.717, 1.165) is 49.7 Å². The summed E-state index contributed by atoms with van der Waals surface area (Å²) in [6.45, 7) is 9.43. The van der Waals surface area contributed by atoms with Crippen molar-refractivity contribution in [2.75, 3.05) is 33.3 Å². The first kappa shape index (κ1) is 19.7. The second kappa shape index (κ2) is 9.77. The number of hydrogen-bond donors (Lipinski definition) is 1. The van der Waals surface area contributed by atoms with Crippen molar-refractivity contribution < 1.29 is 9.47 Å². The first-order valence-electron chi connectivity index (χ1n) is 9.97. The normalized spacial score (nSPS) is 16.3. The molecule has 1 N–H and O–H groups in total. The smallest absolute Gasteiger partial charge is 0.161 e. The van der Waals surface area contributed by atoms with Crippen LogP contribution in [0.3, 0.4) is 0 Å². The second-order valence-corrected chi connectivity index (χ2v) is 7.62. The number of hydrogen-bond acceptors (Lipinski definition) is 4. The summed E-state index contributed by atoms with van der Waals surface area (Å²) in [5.41, 5.74) is 2.47. The van der Waals surface area contributed by atoms with Gasteiger partial charge in [-0.3, -0.25) is 4.90 Å². The minimum absolute atomic E-state index is 0.421. The summed E-state index contributed by atoms with van der Waals surface area (Å²) in [5.74, 6) is 2.26. The third-order valence-electron chi connectivity index (χ3n) is 5.10. The third-order valence-corrected chi connectivity index (χ3v) is 5.10. The van der Waals surface area contributed by atoms with Crippen molar-refractivity contribution >= 4 is 0 Å². The summed E-state index contributed by atoms with van der Waals surface area (Å²) in [6, 6.07) is 17.1. The number of nitrogens with one attached hydrogen (secondary N) is 1. The number of piperazine rings is 1. The van der Waals surface area contributed by atoms with Crippen molar-refractivity contribution in [3.63, 3.8) is 0 Å². The van der Waals surface area contributed by atoms with Crippen LogP contribution in [0, 0.1) is 5.92 Å². The van der Waals surface area contributed by atoms with Crippen molar-refractivity contribution in [1.29, 1.82) is 0 Å². The number of benzene rings is 2. The van der Waals surface area contributed by atoms with Crippen LogP contribution in [0.4, 0.5) is 0 Å². The number of ether oxygens (including phenoxy) is 2. The van der Waals surface area contributed by atoms with Gasteiger partial charge in [0.15, 0.2) is 11.5 Å². The van der Waals surface area contributed by atoms with E-state index in [-0.39, 0.29) is 0 Å². The molecule has 146 valence electrons. The molecule has 0 radical (unpaired) electrons. The predicted octanol–water partition coefficient (Wildman–Crippen LogP) is 4.27. The van der Waals surface area contributed by atoms with E-state index in [1.165, 1.54) is 5.56 Å². The van der Waals surface area contributed by atoms with Gasteiger partial charge in [-0.25, -0.2) is 0 Å². The highest BCUT2D eigenvalue weighted by atomic mass is 16.5. The molecular weight excluding hydrogens is 336 g/mol. The fourth-order valence-corrected chi connectivity index (χ4v) is 3.68. The zero-order valence-corrected chi connectivity index (χ0v) is 16.8. The number of rotatable bonds is 8. The summed E-state index contributed by atoms with van der Waals surface area (Å²) >= 11 is 0. The molecule has 0 aromatic heterocycles. The molecule has 0 bridgehead atoms. The molecule has 0 unspecified atom stereocenters. The van der Waals surface area contributed by atoms with Crippen LogP contribution in [-0.2, 0) is 6.61 Å². The van der Waals surface area contributed by atoms with E-state index < -0.39 is 0 Å². The molecule has 1 saturated heterocycles. The summed E-state index contributed by atoms with van der Waals surface area (Å²) in [7, 11) is 1.72. The second-order valence-electron chi connectivity index (χ2n) is 7.62. The maximum atomic E-state index is 6.03. The monoisotopic (exact) mass is 368 g/mol. The summed E-state index contributed by atoms with van der Waals surface area (Å²) < 4.78 is 11.7. The number of nitrogens with zero attached hydrogens (tertiary/aromatic N) is 1. The lowest BCUT2D eigenvalue weighted by Crippen LogP contribution is -2.45. The van der Waals surface area contributed by atoms with E-state index in [0.29, 0.717) is 18.6 Å². The van der Waals surface area contributed by atoms with E-state index in [4.69, 9.17) is 9.47 Å². The highest BCUT2D eigenvalue weighted by molar-refractivity contribution is 5.44. The molecule has 1 aliphatic heterocycles. The van der Waals surface area contributed by atoms with Crippen LogP contribution < -0.4 is 14.8 Å². The maximum Gasteiger partial charge on any atom is 0.161 e. The molecule has 27 heavy (non-hydrogen) atoms. The van der Waals surface area contributed by atoms with E-state index >= 15 is 0 Å². The molecule has 1 aliphatic rings. The molecule has 1 fully saturated rings. The van der Waals surface area contributed by atoms with Gasteiger partial charge in [0.05, 0.1) is 7.11 Å². The lowest BCUT2D eigenvalue weighted by atomic mass is 9.94. The molecule has 0 saturated carbocycles. The molecule has 1 heterocycles. The standard InChI is InChI=1S/C23H32N2O2/c1-18(2)15-21(25-13-11-24-12-14-25)20-9-10-22(23(16-20)26-3)27-17-19-7-5-4-6-8-19/h4-10,16,18,21,24H,11-15,17H2,1-3H3/t21-/m1/s1. The predicted molar refractivity (Wildman–Crippen MR) is 110 cm³/mol. The van der Waals surface area contributed by atoms with E-state index in [1.54, 1.807) is 7.11 Å². The lowest BCUT2D eigenvalue weighted by Gasteiger charge is -2.36. The quantitative estimate of drug-likeness (QED) is 0.755. The van der Waals surface area contributed by atoms with Crippen LogP contribution in [0.1, 0.15) is 37.4 Å². The largest absolute Gasteiger partial charge is 0.493 e. The van der Waals surface area contributed by atoms with E-state index in [2.05, 4.69) is 54.4 Å². The Morgan fingerprint density at radius 2 is 1.74 bits per heavy atom. The van der Waals surface area contributed by atoms with Crippen molar-refractivity contribution in [2.24, 2.45) is 5.92 Å². The van der Waals surface area contributed by atoms with Gasteiger partial charge in [-0.05, 0) is 35.6 Å². The SMILES string of the molecule is COc1cc([C@@H](CC(C)C)N2CCNCC2)ccc1OCc1ccccc1. The Morgan fingerprint density at radius 3 is 2.41 bits per heavy atom. The van der Waals surface area contributed by atoms with Gasteiger partial charge in [0.25, 0.3) is 0 Å². The van der Waals surface area contributed by atoms with Gasteiger partial charge < -0.3 is 14.8 Å². The fourth-order valence-electron chi connectivity index (χ4n) is 3.68. The Balaban J connectivity index is 1.77. The Kier molecular flexibility index (Phi) is 7.13. The van der Waals surface area contributed by atoms with Crippen molar-refractivity contribution in [3.8, 4) is 11.5 Å². The van der Waals surface area contributed by atoms with Gasteiger partial charge in [-0.1, -0.05) is 50.2 Å². The summed E-state index contributed by atoms with van der Waals surface area (Å²) in [4.78, 5) is 2.59. The topological polar surface area (TPSA) is 33.7 Å². The van der Waals surface area contributed by atoms with Crippen LogP contribution in [0.5, 0.6) is 11.5 Å². The van der Waals surface area contributed by atoms with Crippen molar-refractivity contribution in [1.82, 2.24) is 10.2 Å². The van der Waals surface area contributed by atoms with Crippen LogP contribution in [0.15, 0.2) is 48.5 Å². The Morgan fingerprint density at radius 1 is 1.00 bits per heavy atom. The molecular formula is C23H32N2O2. The summed E-state index contributed by atoms with van der Waals surface area (Å²) in [6.07, 6.45) is 1.15. The maximum absolute atomic E-state index is 6.03. The van der Waals surface area contributed by atoms with Crippen molar-refractivity contribution in [3.05, 3.63) is 59.7 Å². The van der Waals surface area contributed by atoms with Crippen LogP contribution in [0.25, 0.3) is 0 Å². The van der Waals surface area contributed by atoms with E-state index in [1.807, 2.05) is 18.2 Å². The lowest BCUT2D eigenvalue weighted by molar-refractivity contribution is 0.153. The van der Waals surface area contributed by atoms with Gasteiger partial charge >= 0.3 is 0 Å². The molecule has 1 atom stereocenters. The molecule has 4 heteroatoms. The highest BCUT2D eigenvalue weighted by Gasteiger charge is 2.24. The Labute approximate surface area is 163 Å². The highest BCUT2D eigenvalue weighted by Crippen LogP contribution is 2.35. The first-order valence-corrected chi connectivity index (χ1v) is 9.97. The Hall–Kier alpha value is -2.04. The molecule has 3 rings (SSSR count). The molecule has 0 aliphatic carbocycles. The van der Waals surface area contributed by atoms with Crippen LogP contribution >= 0.6 is 0 Å². The fraction of sp³-hybridized carbons (Fsp3) is 0.478. The average Bonchev–Trinajstić information content (AvgIpc) is 2.71. The van der Waals surface area contributed by atoms with Crippen LogP contribution in [0.2, 0.25) is 0 Å². The molecule has 0 spiro atoms.